The Morgan fingerprint density at radius 1 is 1.00 bits per heavy atom. The van der Waals surface area contributed by atoms with E-state index in [1.807, 2.05) is 6.07 Å². The Hall–Kier alpha value is -1.75. The molecular formula is C18H24ClNO4. The summed E-state index contributed by atoms with van der Waals surface area (Å²) < 4.78 is 10.5. The minimum absolute atomic E-state index is 0.0547. The maximum absolute atomic E-state index is 11.9. The molecule has 2 aliphatic rings. The van der Waals surface area contributed by atoms with E-state index in [1.165, 1.54) is 6.42 Å². The molecule has 2 fully saturated rings. The fraction of sp³-hybridized carbons (Fsp3) is 0.556. The molecule has 0 spiro atoms. The van der Waals surface area contributed by atoms with E-state index in [1.54, 1.807) is 26.4 Å². The van der Waals surface area contributed by atoms with E-state index < -0.39 is 0 Å². The quantitative estimate of drug-likeness (QED) is 0.813. The second-order valence-corrected chi connectivity index (χ2v) is 6.46. The van der Waals surface area contributed by atoms with Crippen LogP contribution in [0.1, 0.15) is 38.5 Å². The van der Waals surface area contributed by atoms with Crippen molar-refractivity contribution in [2.24, 2.45) is 11.8 Å². The van der Waals surface area contributed by atoms with E-state index >= 15 is 0 Å². The van der Waals surface area contributed by atoms with E-state index in [0.717, 1.165) is 32.1 Å². The molecule has 0 saturated heterocycles. The Kier molecular flexibility index (Phi) is 6.91. The molecule has 1 N–H and O–H groups in total. The predicted octanol–water partition coefficient (Wildman–Crippen LogP) is 3.99. The molecule has 3 rings (SSSR count). The molecule has 0 bridgehead atoms. The van der Waals surface area contributed by atoms with Crippen molar-refractivity contribution < 1.29 is 19.1 Å². The van der Waals surface area contributed by atoms with Crippen LogP contribution in [-0.4, -0.2) is 25.4 Å². The zero-order valence-electron chi connectivity index (χ0n) is 14.1. The third-order valence-electron chi connectivity index (χ3n) is 4.58. The van der Waals surface area contributed by atoms with Gasteiger partial charge >= 0.3 is 0 Å². The first-order valence-corrected chi connectivity index (χ1v) is 8.65. The van der Waals surface area contributed by atoms with Crippen molar-refractivity contribution in [3.63, 3.8) is 0 Å². The first kappa shape index (κ1) is 18.6. The molecule has 0 radical (unpaired) electrons. The second-order valence-electron chi connectivity index (χ2n) is 6.09. The molecule has 0 unspecified atom stereocenters. The van der Waals surface area contributed by atoms with Gasteiger partial charge in [-0.3, -0.25) is 9.59 Å². The maximum Gasteiger partial charge on any atom is 0.227 e. The van der Waals surface area contributed by atoms with Gasteiger partial charge in [-0.1, -0.05) is 18.9 Å². The lowest BCUT2D eigenvalue weighted by Gasteiger charge is -2.25. The smallest absolute Gasteiger partial charge is 0.227 e. The zero-order chi connectivity index (χ0) is 17.5. The minimum Gasteiger partial charge on any atom is -0.494 e. The average Bonchev–Trinajstić information content (AvgIpc) is 2.43. The second kappa shape index (κ2) is 8.92. The van der Waals surface area contributed by atoms with E-state index in [0.29, 0.717) is 17.2 Å². The molecule has 0 aliphatic heterocycles. The van der Waals surface area contributed by atoms with E-state index in [2.05, 4.69) is 5.32 Å². The van der Waals surface area contributed by atoms with Gasteiger partial charge in [0.2, 0.25) is 11.1 Å². The van der Waals surface area contributed by atoms with Crippen LogP contribution >= 0.6 is 11.6 Å². The summed E-state index contributed by atoms with van der Waals surface area (Å²) >= 11 is 5.14. The van der Waals surface area contributed by atoms with Crippen LogP contribution in [0.15, 0.2) is 18.2 Å². The van der Waals surface area contributed by atoms with Crippen molar-refractivity contribution in [2.45, 2.75) is 38.5 Å². The largest absolute Gasteiger partial charge is 0.494 e. The number of rotatable bonds is 5. The third-order valence-corrected chi connectivity index (χ3v) is 4.89. The van der Waals surface area contributed by atoms with Gasteiger partial charge < -0.3 is 14.8 Å². The highest BCUT2D eigenvalue weighted by Gasteiger charge is 2.26. The molecule has 0 atom stereocenters. The SMILES string of the molecule is COc1cccc(OC)c1NC(=O)C1CCC1.O=C(Cl)C1CCC1. The van der Waals surface area contributed by atoms with Gasteiger partial charge in [0.05, 0.1) is 14.2 Å². The van der Waals surface area contributed by atoms with Crippen LogP contribution in [0.2, 0.25) is 0 Å². The summed E-state index contributed by atoms with van der Waals surface area (Å²) in [5, 5.41) is 2.75. The third kappa shape index (κ3) is 4.63. The highest BCUT2D eigenvalue weighted by molar-refractivity contribution is 6.64. The van der Waals surface area contributed by atoms with E-state index in [-0.39, 0.29) is 23.0 Å². The number of anilines is 1. The van der Waals surface area contributed by atoms with E-state index in [9.17, 15) is 9.59 Å². The van der Waals surface area contributed by atoms with Crippen LogP contribution in [-0.2, 0) is 9.59 Å². The van der Waals surface area contributed by atoms with Crippen molar-refractivity contribution in [3.05, 3.63) is 18.2 Å². The molecule has 5 nitrogen and oxygen atoms in total. The van der Waals surface area contributed by atoms with Crippen LogP contribution in [0.3, 0.4) is 0 Å². The molecule has 6 heteroatoms. The molecule has 1 aromatic carbocycles. The number of halogens is 1. The number of carbonyl (C=O) groups is 2. The van der Waals surface area contributed by atoms with Gasteiger partial charge in [-0.05, 0) is 49.4 Å². The van der Waals surface area contributed by atoms with Gasteiger partial charge in [0.15, 0.2) is 0 Å². The Labute approximate surface area is 147 Å². The number of ether oxygens (including phenoxy) is 2. The first-order valence-electron chi connectivity index (χ1n) is 8.28. The lowest BCUT2D eigenvalue weighted by molar-refractivity contribution is -0.122. The molecule has 0 aromatic heterocycles. The number of para-hydroxylation sites is 1. The van der Waals surface area contributed by atoms with Crippen molar-refractivity contribution >= 4 is 28.4 Å². The Morgan fingerprint density at radius 2 is 1.50 bits per heavy atom. The molecule has 2 saturated carbocycles. The van der Waals surface area contributed by atoms with Crippen molar-refractivity contribution in [3.8, 4) is 11.5 Å². The molecule has 1 aromatic rings. The number of hydrogen-bond acceptors (Lipinski definition) is 4. The van der Waals surface area contributed by atoms with Gasteiger partial charge in [0.25, 0.3) is 0 Å². The monoisotopic (exact) mass is 353 g/mol. The van der Waals surface area contributed by atoms with Crippen molar-refractivity contribution in [2.75, 3.05) is 19.5 Å². The van der Waals surface area contributed by atoms with Gasteiger partial charge in [-0.15, -0.1) is 0 Å². The fourth-order valence-electron chi connectivity index (χ4n) is 2.51. The standard InChI is InChI=1S/C13H17NO3.C5H7ClO/c1-16-10-7-4-8-11(17-2)12(10)14-13(15)9-5-3-6-9;6-5(7)4-2-1-3-4/h4,7-9H,3,5-6H2,1-2H3,(H,14,15);4H,1-3H2. The zero-order valence-corrected chi connectivity index (χ0v) is 14.9. The fourth-order valence-corrected chi connectivity index (χ4v) is 2.72. The lowest BCUT2D eigenvalue weighted by Crippen LogP contribution is -2.28. The molecule has 1 amide bonds. The average molecular weight is 354 g/mol. The highest BCUT2D eigenvalue weighted by Crippen LogP contribution is 2.36. The molecule has 2 aliphatic carbocycles. The van der Waals surface area contributed by atoms with Crippen molar-refractivity contribution in [1.29, 1.82) is 0 Å². The Morgan fingerprint density at radius 3 is 1.79 bits per heavy atom. The summed E-state index contributed by atoms with van der Waals surface area (Å²) in [6.45, 7) is 0. The summed E-state index contributed by atoms with van der Waals surface area (Å²) in [6.07, 6.45) is 6.31. The molecule has 24 heavy (non-hydrogen) atoms. The van der Waals surface area contributed by atoms with Crippen LogP contribution in [0.5, 0.6) is 11.5 Å². The lowest BCUT2D eigenvalue weighted by atomic mass is 9.85. The minimum atomic E-state index is -0.147. The van der Waals surface area contributed by atoms with Crippen LogP contribution in [0, 0.1) is 11.8 Å². The van der Waals surface area contributed by atoms with Gasteiger partial charge in [-0.2, -0.15) is 0 Å². The van der Waals surface area contributed by atoms with Crippen molar-refractivity contribution in [1.82, 2.24) is 0 Å². The number of carbonyl (C=O) groups excluding carboxylic acids is 2. The molecule has 0 heterocycles. The highest BCUT2D eigenvalue weighted by atomic mass is 35.5. The Bertz CT molecular complexity index is 560. The summed E-state index contributed by atoms with van der Waals surface area (Å²) in [6, 6.07) is 5.44. The topological polar surface area (TPSA) is 64.6 Å². The number of nitrogens with one attached hydrogen (secondary N) is 1. The number of amides is 1. The molecule has 132 valence electrons. The summed E-state index contributed by atoms with van der Waals surface area (Å²) in [5.41, 5.74) is 0.620. The maximum atomic E-state index is 11.9. The van der Waals surface area contributed by atoms with Crippen LogP contribution in [0.4, 0.5) is 5.69 Å². The summed E-state index contributed by atoms with van der Waals surface area (Å²) in [7, 11) is 3.15. The number of hydrogen-bond donors (Lipinski definition) is 1. The number of benzene rings is 1. The summed E-state index contributed by atoms with van der Waals surface area (Å²) in [5.74, 6) is 1.65. The van der Waals surface area contributed by atoms with Crippen LogP contribution < -0.4 is 14.8 Å². The predicted molar refractivity (Wildman–Crippen MR) is 93.7 cm³/mol. The van der Waals surface area contributed by atoms with Gasteiger partial charge in [-0.25, -0.2) is 0 Å². The van der Waals surface area contributed by atoms with Gasteiger partial charge in [0.1, 0.15) is 17.2 Å². The van der Waals surface area contributed by atoms with E-state index in [4.69, 9.17) is 21.1 Å². The van der Waals surface area contributed by atoms with Gasteiger partial charge in [0, 0.05) is 11.8 Å². The Balaban J connectivity index is 0.000000249. The van der Waals surface area contributed by atoms with Crippen LogP contribution in [0.25, 0.3) is 0 Å². The first-order chi connectivity index (χ1) is 11.6. The summed E-state index contributed by atoms with van der Waals surface area (Å²) in [4.78, 5) is 22.1. The number of methoxy groups -OCH3 is 2. The normalized spacial score (nSPS) is 16.8. The molecular weight excluding hydrogens is 330 g/mol.